The molecular weight excluding hydrogens is 170 g/mol. The van der Waals surface area contributed by atoms with Crippen molar-refractivity contribution in [3.63, 3.8) is 0 Å². The summed E-state index contributed by atoms with van der Waals surface area (Å²) in [5, 5.41) is 3.08. The molecule has 0 saturated carbocycles. The van der Waals surface area contributed by atoms with Crippen LogP contribution in [0.5, 0.6) is 0 Å². The Kier molecular flexibility index (Phi) is 3.70. The fraction of sp³-hybridized carbons (Fsp3) is 0.750. The van der Waals surface area contributed by atoms with Crippen LogP contribution in [0.4, 0.5) is 0 Å². The standard InChI is InChI=1S/C8H15N3O2/c1-6(12)10-11-8(13)7-4-2-3-5-9-7/h7,9H,2-5H2,1H3,(H,10,12)(H,11,13). The summed E-state index contributed by atoms with van der Waals surface area (Å²) in [5.41, 5.74) is 4.61. The molecule has 5 nitrogen and oxygen atoms in total. The molecule has 1 atom stereocenters. The highest BCUT2D eigenvalue weighted by Crippen LogP contribution is 2.06. The van der Waals surface area contributed by atoms with Crippen LogP contribution < -0.4 is 16.2 Å². The smallest absolute Gasteiger partial charge is 0.255 e. The van der Waals surface area contributed by atoms with Gasteiger partial charge in [-0.3, -0.25) is 20.4 Å². The summed E-state index contributed by atoms with van der Waals surface area (Å²) in [5.74, 6) is -0.418. The molecule has 0 aliphatic carbocycles. The maximum absolute atomic E-state index is 11.3. The van der Waals surface area contributed by atoms with Gasteiger partial charge in [0.25, 0.3) is 5.91 Å². The highest BCUT2D eigenvalue weighted by atomic mass is 16.2. The van der Waals surface area contributed by atoms with Gasteiger partial charge in [-0.25, -0.2) is 0 Å². The lowest BCUT2D eigenvalue weighted by atomic mass is 10.0. The number of hydrogen-bond acceptors (Lipinski definition) is 3. The van der Waals surface area contributed by atoms with Crippen molar-refractivity contribution in [3.8, 4) is 0 Å². The van der Waals surface area contributed by atoms with Crippen molar-refractivity contribution >= 4 is 11.8 Å². The van der Waals surface area contributed by atoms with Crippen molar-refractivity contribution in [2.45, 2.75) is 32.2 Å². The van der Waals surface area contributed by atoms with Crippen molar-refractivity contribution in [1.29, 1.82) is 0 Å². The molecule has 13 heavy (non-hydrogen) atoms. The molecule has 0 aromatic carbocycles. The van der Waals surface area contributed by atoms with Gasteiger partial charge in [-0.15, -0.1) is 0 Å². The minimum absolute atomic E-state index is 0.152. The van der Waals surface area contributed by atoms with Crippen molar-refractivity contribution in [1.82, 2.24) is 16.2 Å². The van der Waals surface area contributed by atoms with Gasteiger partial charge < -0.3 is 5.32 Å². The summed E-state index contributed by atoms with van der Waals surface area (Å²) in [6.07, 6.45) is 3.01. The molecule has 2 amide bonds. The summed E-state index contributed by atoms with van der Waals surface area (Å²) in [6, 6.07) is -0.152. The van der Waals surface area contributed by atoms with Gasteiger partial charge in [-0.2, -0.15) is 0 Å². The Morgan fingerprint density at radius 1 is 1.31 bits per heavy atom. The summed E-state index contributed by atoms with van der Waals surface area (Å²) in [7, 11) is 0. The molecule has 1 heterocycles. The molecule has 1 aliphatic rings. The van der Waals surface area contributed by atoms with E-state index in [-0.39, 0.29) is 17.9 Å². The largest absolute Gasteiger partial charge is 0.306 e. The first-order valence-electron chi connectivity index (χ1n) is 4.50. The average Bonchev–Trinajstić information content (AvgIpc) is 2.15. The van der Waals surface area contributed by atoms with E-state index in [1.807, 2.05) is 0 Å². The number of carbonyl (C=O) groups excluding carboxylic acids is 2. The Hall–Kier alpha value is -1.10. The average molecular weight is 185 g/mol. The van der Waals surface area contributed by atoms with Crippen LogP contribution in [0.1, 0.15) is 26.2 Å². The van der Waals surface area contributed by atoms with Crippen LogP contribution in [0.25, 0.3) is 0 Å². The fourth-order valence-corrected chi connectivity index (χ4v) is 1.31. The van der Waals surface area contributed by atoms with Crippen molar-refractivity contribution in [3.05, 3.63) is 0 Å². The Labute approximate surface area is 77.2 Å². The highest BCUT2D eigenvalue weighted by Gasteiger charge is 2.19. The molecular formula is C8H15N3O2. The van der Waals surface area contributed by atoms with Gasteiger partial charge in [-0.05, 0) is 19.4 Å². The molecule has 1 rings (SSSR count). The Morgan fingerprint density at radius 2 is 2.08 bits per heavy atom. The zero-order valence-corrected chi connectivity index (χ0v) is 7.72. The van der Waals surface area contributed by atoms with Crippen molar-refractivity contribution in [2.75, 3.05) is 6.54 Å². The third-order valence-electron chi connectivity index (χ3n) is 1.99. The Morgan fingerprint density at radius 3 is 2.62 bits per heavy atom. The van der Waals surface area contributed by atoms with E-state index in [1.165, 1.54) is 6.92 Å². The molecule has 0 radical (unpaired) electrons. The highest BCUT2D eigenvalue weighted by molar-refractivity contribution is 5.84. The summed E-state index contributed by atoms with van der Waals surface area (Å²) < 4.78 is 0. The SMILES string of the molecule is CC(=O)NNC(=O)C1CCCCN1. The quantitative estimate of drug-likeness (QED) is 0.473. The van der Waals surface area contributed by atoms with E-state index in [9.17, 15) is 9.59 Å². The maximum Gasteiger partial charge on any atom is 0.255 e. The second-order valence-corrected chi connectivity index (χ2v) is 3.17. The predicted molar refractivity (Wildman–Crippen MR) is 47.6 cm³/mol. The van der Waals surface area contributed by atoms with E-state index < -0.39 is 0 Å². The molecule has 0 aromatic heterocycles. The third-order valence-corrected chi connectivity index (χ3v) is 1.99. The van der Waals surface area contributed by atoms with Gasteiger partial charge in [0, 0.05) is 6.92 Å². The zero-order chi connectivity index (χ0) is 9.68. The number of hydrogen-bond donors (Lipinski definition) is 3. The second kappa shape index (κ2) is 4.81. The van der Waals surface area contributed by atoms with Gasteiger partial charge in [0.05, 0.1) is 6.04 Å². The van der Waals surface area contributed by atoms with Crippen LogP contribution in [-0.4, -0.2) is 24.4 Å². The summed E-state index contributed by atoms with van der Waals surface area (Å²) in [6.45, 7) is 2.23. The number of amides is 2. The van der Waals surface area contributed by atoms with Gasteiger partial charge in [-0.1, -0.05) is 6.42 Å². The van der Waals surface area contributed by atoms with E-state index in [0.717, 1.165) is 25.8 Å². The lowest BCUT2D eigenvalue weighted by molar-refractivity contribution is -0.129. The van der Waals surface area contributed by atoms with Crippen LogP contribution in [0.2, 0.25) is 0 Å². The lowest BCUT2D eigenvalue weighted by Gasteiger charge is -2.22. The van der Waals surface area contributed by atoms with Gasteiger partial charge in [0.15, 0.2) is 0 Å². The van der Waals surface area contributed by atoms with Gasteiger partial charge >= 0.3 is 0 Å². The van der Waals surface area contributed by atoms with Crippen molar-refractivity contribution < 1.29 is 9.59 Å². The molecule has 1 aliphatic heterocycles. The number of nitrogens with one attached hydrogen (secondary N) is 3. The summed E-state index contributed by atoms with van der Waals surface area (Å²) >= 11 is 0. The monoisotopic (exact) mass is 185 g/mol. The number of piperidine rings is 1. The number of carbonyl (C=O) groups is 2. The van der Waals surface area contributed by atoms with Crippen LogP contribution in [0.15, 0.2) is 0 Å². The van der Waals surface area contributed by atoms with Crippen LogP contribution in [0.3, 0.4) is 0 Å². The van der Waals surface area contributed by atoms with Crippen LogP contribution in [-0.2, 0) is 9.59 Å². The molecule has 0 bridgehead atoms. The van der Waals surface area contributed by atoms with E-state index in [0.29, 0.717) is 0 Å². The van der Waals surface area contributed by atoms with Crippen molar-refractivity contribution in [2.24, 2.45) is 0 Å². The van der Waals surface area contributed by atoms with E-state index in [4.69, 9.17) is 0 Å². The van der Waals surface area contributed by atoms with Crippen LogP contribution >= 0.6 is 0 Å². The molecule has 74 valence electrons. The molecule has 0 aromatic rings. The Balaban J connectivity index is 2.25. The number of hydrazine groups is 1. The molecule has 1 fully saturated rings. The first kappa shape index (κ1) is 9.98. The minimum Gasteiger partial charge on any atom is -0.306 e. The summed E-state index contributed by atoms with van der Waals surface area (Å²) in [4.78, 5) is 21.8. The van der Waals surface area contributed by atoms with E-state index in [2.05, 4.69) is 16.2 Å². The second-order valence-electron chi connectivity index (χ2n) is 3.17. The predicted octanol–water partition coefficient (Wildman–Crippen LogP) is -0.704. The van der Waals surface area contributed by atoms with E-state index >= 15 is 0 Å². The maximum atomic E-state index is 11.3. The number of rotatable bonds is 1. The van der Waals surface area contributed by atoms with E-state index in [1.54, 1.807) is 0 Å². The molecule has 1 saturated heterocycles. The minimum atomic E-state index is -0.260. The normalized spacial score (nSPS) is 22.1. The third kappa shape index (κ3) is 3.42. The first-order valence-corrected chi connectivity index (χ1v) is 4.50. The first-order chi connectivity index (χ1) is 6.20. The molecule has 1 unspecified atom stereocenters. The fourth-order valence-electron chi connectivity index (χ4n) is 1.31. The molecule has 3 N–H and O–H groups in total. The Bertz CT molecular complexity index is 200. The molecule has 0 spiro atoms. The van der Waals surface area contributed by atoms with Crippen LogP contribution in [0, 0.1) is 0 Å². The van der Waals surface area contributed by atoms with Gasteiger partial charge in [0.1, 0.15) is 0 Å². The zero-order valence-electron chi connectivity index (χ0n) is 7.72. The topological polar surface area (TPSA) is 70.2 Å². The molecule has 5 heteroatoms. The lowest BCUT2D eigenvalue weighted by Crippen LogP contribution is -2.51. The van der Waals surface area contributed by atoms with Gasteiger partial charge in [0.2, 0.25) is 5.91 Å².